The van der Waals surface area contributed by atoms with E-state index < -0.39 is 27.9 Å². The minimum atomic E-state index is -4.11. The van der Waals surface area contributed by atoms with Gasteiger partial charge in [0, 0.05) is 0 Å². The summed E-state index contributed by atoms with van der Waals surface area (Å²) in [5, 5.41) is 8.71. The fourth-order valence-electron chi connectivity index (χ4n) is 1.78. The highest BCUT2D eigenvalue weighted by atomic mass is 32.2. The molecule has 0 saturated heterocycles. The Morgan fingerprint density at radius 3 is 2.52 bits per heavy atom. The van der Waals surface area contributed by atoms with Crippen molar-refractivity contribution in [2.75, 3.05) is 0 Å². The molecule has 0 saturated carbocycles. The van der Waals surface area contributed by atoms with Gasteiger partial charge in [0.1, 0.15) is 11.6 Å². The summed E-state index contributed by atoms with van der Waals surface area (Å²) in [6, 6.07) is 12.4. The van der Waals surface area contributed by atoms with E-state index in [1.807, 2.05) is 16.3 Å². The highest BCUT2D eigenvalue weighted by Gasteiger charge is 2.19. The molecular formula is C16H14FN3O4S. The van der Waals surface area contributed by atoms with Crippen molar-refractivity contribution in [3.63, 3.8) is 0 Å². The Bertz CT molecular complexity index is 908. The molecule has 2 aromatic carbocycles. The number of nitrogens with one attached hydrogen (secondary N) is 2. The monoisotopic (exact) mass is 363 g/mol. The highest BCUT2D eigenvalue weighted by molar-refractivity contribution is 7.89. The van der Waals surface area contributed by atoms with Gasteiger partial charge >= 0.3 is 0 Å². The largest absolute Gasteiger partial charge is 0.481 e. The van der Waals surface area contributed by atoms with E-state index in [-0.39, 0.29) is 4.90 Å². The first-order valence-electron chi connectivity index (χ1n) is 7.06. The Morgan fingerprint density at radius 1 is 1.24 bits per heavy atom. The first-order valence-corrected chi connectivity index (χ1v) is 8.54. The molecule has 2 rings (SSSR count). The molecular weight excluding hydrogens is 349 g/mol. The van der Waals surface area contributed by atoms with Gasteiger partial charge in [0.25, 0.3) is 15.9 Å². The zero-order chi connectivity index (χ0) is 18.4. The minimum absolute atomic E-state index is 0.325. The summed E-state index contributed by atoms with van der Waals surface area (Å²) in [5.74, 6) is -1.12. The standard InChI is InChI=1S/C16H14FN3O4S/c1-11(24-14-7-5-12(10-18)6-8-14)16(21)19-20-25(22,23)15-4-2-3-13(17)9-15/h2-9,11,20H,1H3,(H,19,21)/t11-/m1/s1. The van der Waals surface area contributed by atoms with E-state index >= 15 is 0 Å². The van der Waals surface area contributed by atoms with Gasteiger partial charge in [-0.2, -0.15) is 5.26 Å². The molecule has 0 aliphatic carbocycles. The number of ether oxygens (including phenoxy) is 1. The van der Waals surface area contributed by atoms with Gasteiger partial charge < -0.3 is 4.74 Å². The fraction of sp³-hybridized carbons (Fsp3) is 0.125. The molecule has 0 fully saturated rings. The summed E-state index contributed by atoms with van der Waals surface area (Å²) in [6.45, 7) is 1.42. The van der Waals surface area contributed by atoms with Gasteiger partial charge in [0.2, 0.25) is 0 Å². The Hall–Kier alpha value is -2.96. The van der Waals surface area contributed by atoms with Crippen LogP contribution in [0, 0.1) is 17.1 Å². The Labute approximate surface area is 144 Å². The predicted octanol–water partition coefficient (Wildman–Crippen LogP) is 1.47. The van der Waals surface area contributed by atoms with Gasteiger partial charge in [0.05, 0.1) is 16.5 Å². The number of carbonyl (C=O) groups excluding carboxylic acids is 1. The number of sulfonamides is 1. The molecule has 130 valence electrons. The number of hydrazine groups is 1. The number of carbonyl (C=O) groups is 1. The molecule has 7 nitrogen and oxygen atoms in total. The van der Waals surface area contributed by atoms with Gasteiger partial charge in [0.15, 0.2) is 6.10 Å². The van der Waals surface area contributed by atoms with Gasteiger partial charge in [-0.1, -0.05) is 6.07 Å². The van der Waals surface area contributed by atoms with Crippen LogP contribution in [0.4, 0.5) is 4.39 Å². The van der Waals surface area contributed by atoms with Crippen molar-refractivity contribution in [3.8, 4) is 11.8 Å². The maximum Gasteiger partial charge on any atom is 0.275 e. The summed E-state index contributed by atoms with van der Waals surface area (Å²) in [4.78, 5) is 13.5. The van der Waals surface area contributed by atoms with Crippen LogP contribution in [-0.4, -0.2) is 20.4 Å². The summed E-state index contributed by atoms with van der Waals surface area (Å²) in [7, 11) is -4.11. The third-order valence-corrected chi connectivity index (χ3v) is 4.33. The Morgan fingerprint density at radius 2 is 1.92 bits per heavy atom. The number of halogens is 1. The van der Waals surface area contributed by atoms with E-state index in [2.05, 4.69) is 0 Å². The topological polar surface area (TPSA) is 108 Å². The van der Waals surface area contributed by atoms with Crippen molar-refractivity contribution in [3.05, 3.63) is 59.9 Å². The molecule has 2 aromatic rings. The maximum atomic E-state index is 13.1. The van der Waals surface area contributed by atoms with Crippen molar-refractivity contribution in [1.82, 2.24) is 10.3 Å². The fourth-order valence-corrected chi connectivity index (χ4v) is 2.66. The lowest BCUT2D eigenvalue weighted by molar-refractivity contribution is -0.127. The molecule has 0 aromatic heterocycles. The summed E-state index contributed by atoms with van der Waals surface area (Å²) in [6.07, 6.45) is -1.01. The summed E-state index contributed by atoms with van der Waals surface area (Å²) in [5.41, 5.74) is 2.44. The zero-order valence-corrected chi connectivity index (χ0v) is 13.9. The number of hydrogen-bond acceptors (Lipinski definition) is 5. The first kappa shape index (κ1) is 18.4. The molecule has 25 heavy (non-hydrogen) atoms. The normalized spacial score (nSPS) is 12.0. The van der Waals surface area contributed by atoms with Gasteiger partial charge in [-0.05, 0) is 49.4 Å². The second-order valence-corrected chi connectivity index (χ2v) is 6.63. The van der Waals surface area contributed by atoms with E-state index in [1.54, 1.807) is 0 Å². The van der Waals surface area contributed by atoms with Crippen LogP contribution >= 0.6 is 0 Å². The molecule has 0 aliphatic heterocycles. The molecule has 0 heterocycles. The van der Waals surface area contributed by atoms with Crippen LogP contribution in [0.15, 0.2) is 53.4 Å². The second-order valence-electron chi connectivity index (χ2n) is 4.95. The lowest BCUT2D eigenvalue weighted by Crippen LogP contribution is -2.47. The van der Waals surface area contributed by atoms with E-state index in [9.17, 15) is 17.6 Å². The van der Waals surface area contributed by atoms with Crippen LogP contribution in [0.2, 0.25) is 0 Å². The molecule has 9 heteroatoms. The molecule has 0 bridgehead atoms. The lowest BCUT2D eigenvalue weighted by Gasteiger charge is -2.15. The van der Waals surface area contributed by atoms with Crippen LogP contribution in [0.5, 0.6) is 5.75 Å². The molecule has 1 atom stereocenters. The van der Waals surface area contributed by atoms with Crippen molar-refractivity contribution >= 4 is 15.9 Å². The van der Waals surface area contributed by atoms with Crippen LogP contribution in [0.25, 0.3) is 0 Å². The highest BCUT2D eigenvalue weighted by Crippen LogP contribution is 2.13. The first-order chi connectivity index (χ1) is 11.8. The number of hydrogen-bond donors (Lipinski definition) is 2. The summed E-state index contributed by atoms with van der Waals surface area (Å²) < 4.78 is 42.4. The molecule has 0 spiro atoms. The molecule has 0 aliphatic rings. The summed E-state index contributed by atoms with van der Waals surface area (Å²) >= 11 is 0. The number of amides is 1. The van der Waals surface area contributed by atoms with Crippen molar-refractivity contribution in [1.29, 1.82) is 5.26 Å². The van der Waals surface area contributed by atoms with Crippen molar-refractivity contribution in [2.45, 2.75) is 17.9 Å². The Kier molecular flexibility index (Phi) is 5.69. The van der Waals surface area contributed by atoms with Crippen LogP contribution in [0.3, 0.4) is 0 Å². The second kappa shape index (κ2) is 7.74. The molecule has 1 amide bonds. The van der Waals surface area contributed by atoms with Gasteiger partial charge in [-0.25, -0.2) is 12.8 Å². The SMILES string of the molecule is C[C@@H](Oc1ccc(C#N)cc1)C(=O)NNS(=O)(=O)c1cccc(F)c1. The van der Waals surface area contributed by atoms with E-state index in [0.717, 1.165) is 12.1 Å². The lowest BCUT2D eigenvalue weighted by atomic mass is 10.2. The van der Waals surface area contributed by atoms with Gasteiger partial charge in [-0.15, -0.1) is 4.83 Å². The quantitative estimate of drug-likeness (QED) is 0.756. The van der Waals surface area contributed by atoms with Crippen molar-refractivity contribution < 1.29 is 22.3 Å². The van der Waals surface area contributed by atoms with Gasteiger partial charge in [-0.3, -0.25) is 10.2 Å². The smallest absolute Gasteiger partial charge is 0.275 e. The molecule has 0 radical (unpaired) electrons. The van der Waals surface area contributed by atoms with Crippen LogP contribution in [-0.2, 0) is 14.8 Å². The van der Waals surface area contributed by atoms with E-state index in [1.165, 1.54) is 43.3 Å². The molecule has 2 N–H and O–H groups in total. The maximum absolute atomic E-state index is 13.1. The number of nitriles is 1. The van der Waals surface area contributed by atoms with Crippen LogP contribution in [0.1, 0.15) is 12.5 Å². The average molecular weight is 363 g/mol. The minimum Gasteiger partial charge on any atom is -0.481 e. The predicted molar refractivity (Wildman–Crippen MR) is 86.1 cm³/mol. The van der Waals surface area contributed by atoms with Crippen molar-refractivity contribution in [2.24, 2.45) is 0 Å². The number of nitrogens with zero attached hydrogens (tertiary/aromatic N) is 1. The Balaban J connectivity index is 1.95. The average Bonchev–Trinajstić information content (AvgIpc) is 2.60. The third kappa shape index (κ3) is 5.00. The number of benzene rings is 2. The van der Waals surface area contributed by atoms with E-state index in [0.29, 0.717) is 11.3 Å². The number of rotatable bonds is 6. The van der Waals surface area contributed by atoms with Crippen LogP contribution < -0.4 is 15.0 Å². The third-order valence-electron chi connectivity index (χ3n) is 3.08. The molecule has 0 unspecified atom stereocenters. The zero-order valence-electron chi connectivity index (χ0n) is 13.1. The van der Waals surface area contributed by atoms with E-state index in [4.69, 9.17) is 10.00 Å².